The minimum Gasteiger partial charge on any atom is -0.452 e. The average Bonchev–Trinajstić information content (AvgIpc) is 2.80. The number of carbonyl (C=O) groups is 3. The van der Waals surface area contributed by atoms with Crippen LogP contribution in [0.3, 0.4) is 0 Å². The summed E-state index contributed by atoms with van der Waals surface area (Å²) in [7, 11) is 0. The number of benzene rings is 2. The summed E-state index contributed by atoms with van der Waals surface area (Å²) in [6, 6.07) is 18.9. The zero-order chi connectivity index (χ0) is 22.1. The van der Waals surface area contributed by atoms with Gasteiger partial charge in [0.2, 0.25) is 0 Å². The third-order valence-corrected chi connectivity index (χ3v) is 5.36. The van der Waals surface area contributed by atoms with Crippen LogP contribution in [-0.2, 0) is 20.7 Å². The summed E-state index contributed by atoms with van der Waals surface area (Å²) in [4.78, 5) is 38.7. The lowest BCUT2D eigenvalue weighted by Gasteiger charge is -2.31. The van der Waals surface area contributed by atoms with Crippen LogP contribution < -0.4 is 10.6 Å². The quantitative estimate of drug-likeness (QED) is 0.670. The molecule has 1 heterocycles. The first kappa shape index (κ1) is 22.3. The molecule has 0 aromatic heterocycles. The molecule has 1 fully saturated rings. The molecule has 0 spiro atoms. The molecule has 0 radical (unpaired) electrons. The van der Waals surface area contributed by atoms with Gasteiger partial charge in [0.25, 0.3) is 5.91 Å². The summed E-state index contributed by atoms with van der Waals surface area (Å²) in [5, 5.41) is 5.66. The van der Waals surface area contributed by atoms with E-state index >= 15 is 0 Å². The molecular formula is C24H29N3O4. The van der Waals surface area contributed by atoms with Crippen LogP contribution >= 0.6 is 0 Å². The van der Waals surface area contributed by atoms with Crippen molar-refractivity contribution in [3.05, 3.63) is 66.2 Å². The molecule has 31 heavy (non-hydrogen) atoms. The fraction of sp³-hybridized carbons (Fsp3) is 0.375. The first-order chi connectivity index (χ1) is 15.0. The zero-order valence-electron chi connectivity index (χ0n) is 17.8. The molecule has 1 aliphatic rings. The van der Waals surface area contributed by atoms with Gasteiger partial charge in [-0.25, -0.2) is 4.79 Å². The lowest BCUT2D eigenvalue weighted by molar-refractivity contribution is -0.159. The summed E-state index contributed by atoms with van der Waals surface area (Å²) < 4.78 is 5.38. The van der Waals surface area contributed by atoms with Gasteiger partial charge in [0.15, 0.2) is 6.10 Å². The number of rotatable bonds is 7. The molecule has 2 N–H and O–H groups in total. The van der Waals surface area contributed by atoms with E-state index < -0.39 is 6.10 Å². The molecule has 1 atom stereocenters. The summed E-state index contributed by atoms with van der Waals surface area (Å²) in [6.07, 6.45) is 0.909. The van der Waals surface area contributed by atoms with Gasteiger partial charge in [-0.15, -0.1) is 0 Å². The number of amides is 3. The van der Waals surface area contributed by atoms with E-state index in [1.165, 1.54) is 0 Å². The number of nitrogens with one attached hydrogen (secondary N) is 2. The van der Waals surface area contributed by atoms with Crippen molar-refractivity contribution in [3.8, 4) is 0 Å². The maximum absolute atomic E-state index is 12.5. The Balaban J connectivity index is 1.36. The van der Waals surface area contributed by atoms with E-state index in [4.69, 9.17) is 4.74 Å². The number of hydrogen-bond acceptors (Lipinski definition) is 4. The standard InChI is InChI=1S/C24H29N3O4/c1-18(22(28)25-15-12-19-8-4-2-5-9-19)31-23(29)20-13-16-27(17-14-20)24(30)26-21-10-6-3-7-11-21/h2-11,18,20H,12-17H2,1H3,(H,25,28)(H,26,30)/t18-/m1/s1. The fourth-order valence-electron chi connectivity index (χ4n) is 3.48. The second-order valence-electron chi connectivity index (χ2n) is 7.66. The number of carbonyl (C=O) groups excluding carboxylic acids is 3. The van der Waals surface area contributed by atoms with Crippen molar-refractivity contribution >= 4 is 23.6 Å². The van der Waals surface area contributed by atoms with Gasteiger partial charge in [-0.05, 0) is 43.9 Å². The van der Waals surface area contributed by atoms with Crippen molar-refractivity contribution in [1.82, 2.24) is 10.2 Å². The predicted octanol–water partition coefficient (Wildman–Crippen LogP) is 3.22. The number of urea groups is 1. The Kier molecular flexibility index (Phi) is 8.04. The molecule has 3 rings (SSSR count). The van der Waals surface area contributed by atoms with Crippen LogP contribution in [-0.4, -0.2) is 48.5 Å². The van der Waals surface area contributed by atoms with E-state index in [-0.39, 0.29) is 23.8 Å². The van der Waals surface area contributed by atoms with Crippen molar-refractivity contribution in [2.45, 2.75) is 32.3 Å². The summed E-state index contributed by atoms with van der Waals surface area (Å²) in [5.41, 5.74) is 1.87. The smallest absolute Gasteiger partial charge is 0.321 e. The number of piperidine rings is 1. The van der Waals surface area contributed by atoms with Gasteiger partial charge < -0.3 is 20.3 Å². The third-order valence-electron chi connectivity index (χ3n) is 5.36. The van der Waals surface area contributed by atoms with Crippen LogP contribution in [0.4, 0.5) is 10.5 Å². The van der Waals surface area contributed by atoms with Crippen molar-refractivity contribution in [3.63, 3.8) is 0 Å². The van der Waals surface area contributed by atoms with Crippen LogP contribution in [0.1, 0.15) is 25.3 Å². The van der Waals surface area contributed by atoms with E-state index in [1.54, 1.807) is 11.8 Å². The lowest BCUT2D eigenvalue weighted by Crippen LogP contribution is -2.44. The Labute approximate surface area is 182 Å². The number of anilines is 1. The Hall–Kier alpha value is -3.35. The van der Waals surface area contributed by atoms with Gasteiger partial charge in [-0.1, -0.05) is 48.5 Å². The topological polar surface area (TPSA) is 87.7 Å². The fourth-order valence-corrected chi connectivity index (χ4v) is 3.48. The first-order valence-electron chi connectivity index (χ1n) is 10.7. The second-order valence-corrected chi connectivity index (χ2v) is 7.66. The molecule has 0 saturated carbocycles. The molecule has 1 aliphatic heterocycles. The van der Waals surface area contributed by atoms with Crippen LogP contribution in [0.5, 0.6) is 0 Å². The van der Waals surface area contributed by atoms with Crippen LogP contribution in [0.25, 0.3) is 0 Å². The lowest BCUT2D eigenvalue weighted by atomic mass is 9.97. The van der Waals surface area contributed by atoms with Gasteiger partial charge >= 0.3 is 12.0 Å². The molecule has 0 aliphatic carbocycles. The second kappa shape index (κ2) is 11.2. The van der Waals surface area contributed by atoms with Crippen LogP contribution in [0.15, 0.2) is 60.7 Å². The SMILES string of the molecule is C[C@@H](OC(=O)C1CCN(C(=O)Nc2ccccc2)CC1)C(=O)NCCc1ccccc1. The van der Waals surface area contributed by atoms with Gasteiger partial charge in [0.1, 0.15) is 0 Å². The highest BCUT2D eigenvalue weighted by molar-refractivity contribution is 5.89. The molecule has 1 saturated heterocycles. The Morgan fingerprint density at radius 3 is 2.26 bits per heavy atom. The highest BCUT2D eigenvalue weighted by Crippen LogP contribution is 2.20. The molecule has 7 heteroatoms. The number of likely N-dealkylation sites (tertiary alicyclic amines) is 1. The average molecular weight is 424 g/mol. The molecule has 3 amide bonds. The Morgan fingerprint density at radius 1 is 1.00 bits per heavy atom. The third kappa shape index (κ3) is 6.84. The molecule has 0 bridgehead atoms. The van der Waals surface area contributed by atoms with E-state index in [0.29, 0.717) is 32.5 Å². The highest BCUT2D eigenvalue weighted by Gasteiger charge is 2.30. The van der Waals surface area contributed by atoms with E-state index in [9.17, 15) is 14.4 Å². The first-order valence-corrected chi connectivity index (χ1v) is 10.7. The number of esters is 1. The van der Waals surface area contributed by atoms with Gasteiger partial charge in [0, 0.05) is 25.3 Å². The monoisotopic (exact) mass is 423 g/mol. The zero-order valence-corrected chi connectivity index (χ0v) is 17.8. The molecular weight excluding hydrogens is 394 g/mol. The molecule has 164 valence electrons. The number of para-hydroxylation sites is 1. The van der Waals surface area contributed by atoms with Gasteiger partial charge in [-0.3, -0.25) is 9.59 Å². The Bertz CT molecular complexity index is 865. The van der Waals surface area contributed by atoms with Gasteiger partial charge in [0.05, 0.1) is 5.92 Å². The molecule has 2 aromatic carbocycles. The number of hydrogen-bond donors (Lipinski definition) is 2. The minimum atomic E-state index is -0.845. The molecule has 0 unspecified atom stereocenters. The van der Waals surface area contributed by atoms with Gasteiger partial charge in [-0.2, -0.15) is 0 Å². The molecule has 7 nitrogen and oxygen atoms in total. The van der Waals surface area contributed by atoms with Crippen molar-refractivity contribution in [2.75, 3.05) is 25.0 Å². The minimum absolute atomic E-state index is 0.177. The Morgan fingerprint density at radius 2 is 1.61 bits per heavy atom. The van der Waals surface area contributed by atoms with E-state index in [2.05, 4.69) is 10.6 Å². The largest absolute Gasteiger partial charge is 0.452 e. The van der Waals surface area contributed by atoms with Crippen LogP contribution in [0.2, 0.25) is 0 Å². The summed E-state index contributed by atoms with van der Waals surface area (Å²) in [5.74, 6) is -0.988. The van der Waals surface area contributed by atoms with E-state index in [0.717, 1.165) is 17.7 Å². The molecule has 2 aromatic rings. The van der Waals surface area contributed by atoms with Crippen molar-refractivity contribution in [1.29, 1.82) is 0 Å². The highest BCUT2D eigenvalue weighted by atomic mass is 16.5. The van der Waals surface area contributed by atoms with Crippen molar-refractivity contribution in [2.24, 2.45) is 5.92 Å². The summed E-state index contributed by atoms with van der Waals surface area (Å²) >= 11 is 0. The van der Waals surface area contributed by atoms with E-state index in [1.807, 2.05) is 60.7 Å². The maximum Gasteiger partial charge on any atom is 0.321 e. The predicted molar refractivity (Wildman–Crippen MR) is 118 cm³/mol. The number of ether oxygens (including phenoxy) is 1. The maximum atomic E-state index is 12.5. The summed E-state index contributed by atoms with van der Waals surface area (Å²) in [6.45, 7) is 3.00. The number of nitrogens with zero attached hydrogens (tertiary/aromatic N) is 1. The van der Waals surface area contributed by atoms with Crippen LogP contribution in [0, 0.1) is 5.92 Å². The van der Waals surface area contributed by atoms with Crippen molar-refractivity contribution < 1.29 is 19.1 Å². The normalized spacial score (nSPS) is 15.1.